The van der Waals surface area contributed by atoms with Crippen molar-refractivity contribution in [3.63, 3.8) is 0 Å². The van der Waals surface area contributed by atoms with E-state index in [9.17, 15) is 8.42 Å². The van der Waals surface area contributed by atoms with Gasteiger partial charge in [-0.3, -0.25) is 0 Å². The van der Waals surface area contributed by atoms with E-state index < -0.39 is 15.7 Å². The van der Waals surface area contributed by atoms with E-state index in [-0.39, 0.29) is 6.10 Å². The van der Waals surface area contributed by atoms with E-state index in [1.54, 1.807) is 4.31 Å². The van der Waals surface area contributed by atoms with Crippen molar-refractivity contribution in [1.82, 2.24) is 8.61 Å². The summed E-state index contributed by atoms with van der Waals surface area (Å²) in [5.74, 6) is 0. The lowest BCUT2D eigenvalue weighted by Gasteiger charge is -2.46. The average Bonchev–Trinajstić information content (AvgIpc) is 2.56. The van der Waals surface area contributed by atoms with Crippen LogP contribution in [-0.2, 0) is 19.7 Å². The van der Waals surface area contributed by atoms with Crippen LogP contribution in [0.15, 0.2) is 30.3 Å². The van der Waals surface area contributed by atoms with Gasteiger partial charge in [-0.05, 0) is 19.4 Å². The van der Waals surface area contributed by atoms with Gasteiger partial charge >= 0.3 is 0 Å². The van der Waals surface area contributed by atoms with Crippen molar-refractivity contribution in [3.8, 4) is 0 Å². The van der Waals surface area contributed by atoms with Gasteiger partial charge < -0.3 is 9.47 Å². The summed E-state index contributed by atoms with van der Waals surface area (Å²) in [7, 11) is -3.53. The molecule has 0 aliphatic carbocycles. The molecule has 2 saturated heterocycles. The first kappa shape index (κ1) is 16.9. The van der Waals surface area contributed by atoms with Crippen molar-refractivity contribution in [2.24, 2.45) is 0 Å². The molecular weight excluding hydrogens is 316 g/mol. The summed E-state index contributed by atoms with van der Waals surface area (Å²) in [4.78, 5) is 0. The number of benzene rings is 1. The van der Waals surface area contributed by atoms with Crippen molar-refractivity contribution >= 4 is 10.2 Å². The lowest BCUT2D eigenvalue weighted by molar-refractivity contribution is -0.0684. The molecule has 6 nitrogen and oxygen atoms in total. The molecule has 1 aromatic carbocycles. The maximum atomic E-state index is 13.1. The Labute approximate surface area is 138 Å². The van der Waals surface area contributed by atoms with E-state index in [2.05, 4.69) is 0 Å². The zero-order chi connectivity index (χ0) is 16.5. The van der Waals surface area contributed by atoms with Crippen molar-refractivity contribution in [2.75, 3.05) is 39.5 Å². The summed E-state index contributed by atoms with van der Waals surface area (Å²) in [6, 6.07) is 9.78. The SMILES string of the molecule is CC1(C)CO[C@H](c2ccccc2)CN1S(=O)(=O)N1CCOCC1. The van der Waals surface area contributed by atoms with Crippen LogP contribution in [0, 0.1) is 0 Å². The molecule has 2 fully saturated rings. The van der Waals surface area contributed by atoms with Gasteiger partial charge in [0.05, 0.1) is 31.5 Å². The topological polar surface area (TPSA) is 59.1 Å². The summed E-state index contributed by atoms with van der Waals surface area (Å²) in [5.41, 5.74) is 0.438. The number of morpholine rings is 2. The Bertz CT molecular complexity index is 627. The fourth-order valence-corrected chi connectivity index (χ4v) is 4.91. The minimum absolute atomic E-state index is 0.236. The van der Waals surface area contributed by atoms with E-state index in [4.69, 9.17) is 9.47 Å². The maximum Gasteiger partial charge on any atom is 0.282 e. The highest BCUT2D eigenvalue weighted by Crippen LogP contribution is 2.33. The molecule has 0 radical (unpaired) electrons. The normalized spacial score (nSPS) is 27.0. The van der Waals surface area contributed by atoms with Gasteiger partial charge in [0.2, 0.25) is 0 Å². The van der Waals surface area contributed by atoms with Crippen LogP contribution in [0.4, 0.5) is 0 Å². The van der Waals surface area contributed by atoms with Crippen molar-refractivity contribution < 1.29 is 17.9 Å². The van der Waals surface area contributed by atoms with Gasteiger partial charge in [0.1, 0.15) is 0 Å². The van der Waals surface area contributed by atoms with Crippen LogP contribution in [0.25, 0.3) is 0 Å². The third kappa shape index (κ3) is 3.44. The van der Waals surface area contributed by atoms with Gasteiger partial charge in [-0.25, -0.2) is 0 Å². The second-order valence-corrected chi connectivity index (χ2v) is 8.43. The number of rotatable bonds is 3. The third-order valence-corrected chi connectivity index (χ3v) is 6.61. The second kappa shape index (κ2) is 6.49. The zero-order valence-electron chi connectivity index (χ0n) is 13.6. The zero-order valence-corrected chi connectivity index (χ0v) is 14.5. The highest BCUT2D eigenvalue weighted by atomic mass is 32.2. The predicted molar refractivity (Wildman–Crippen MR) is 87.2 cm³/mol. The van der Waals surface area contributed by atoms with Gasteiger partial charge in [-0.15, -0.1) is 0 Å². The Morgan fingerprint density at radius 1 is 1.13 bits per heavy atom. The van der Waals surface area contributed by atoms with Gasteiger partial charge in [0.15, 0.2) is 0 Å². The molecule has 0 amide bonds. The van der Waals surface area contributed by atoms with E-state index in [0.29, 0.717) is 39.5 Å². The molecule has 7 heteroatoms. The summed E-state index contributed by atoms with van der Waals surface area (Å²) in [6.45, 7) is 6.24. The number of ether oxygens (including phenoxy) is 2. The van der Waals surface area contributed by atoms with Crippen molar-refractivity contribution in [1.29, 1.82) is 0 Å². The molecule has 128 valence electrons. The molecule has 2 aliphatic heterocycles. The smallest absolute Gasteiger partial charge is 0.282 e. The summed E-state index contributed by atoms with van der Waals surface area (Å²) in [5, 5.41) is 0. The van der Waals surface area contributed by atoms with Crippen molar-refractivity contribution in [3.05, 3.63) is 35.9 Å². The molecule has 0 N–H and O–H groups in total. The largest absolute Gasteiger partial charge is 0.379 e. The van der Waals surface area contributed by atoms with E-state index in [1.165, 1.54) is 4.31 Å². The second-order valence-electron chi connectivity index (χ2n) is 6.57. The fourth-order valence-electron chi connectivity index (χ4n) is 3.02. The van der Waals surface area contributed by atoms with Crippen LogP contribution in [0.1, 0.15) is 25.5 Å². The summed E-state index contributed by atoms with van der Waals surface area (Å²) >= 11 is 0. The quantitative estimate of drug-likeness (QED) is 0.835. The third-order valence-electron chi connectivity index (χ3n) is 4.39. The molecule has 0 aromatic heterocycles. The van der Waals surface area contributed by atoms with Crippen LogP contribution in [0.3, 0.4) is 0 Å². The predicted octanol–water partition coefficient (Wildman–Crippen LogP) is 1.42. The first-order valence-corrected chi connectivity index (χ1v) is 9.33. The van der Waals surface area contributed by atoms with E-state index in [1.807, 2.05) is 44.2 Å². The van der Waals surface area contributed by atoms with Gasteiger partial charge in [0, 0.05) is 19.6 Å². The molecule has 0 unspecified atom stereocenters. The number of hydrogen-bond acceptors (Lipinski definition) is 4. The van der Waals surface area contributed by atoms with Gasteiger partial charge in [-0.1, -0.05) is 30.3 Å². The van der Waals surface area contributed by atoms with Gasteiger partial charge in [0.25, 0.3) is 10.2 Å². The van der Waals surface area contributed by atoms with Crippen LogP contribution in [0.2, 0.25) is 0 Å². The summed E-state index contributed by atoms with van der Waals surface area (Å²) in [6.07, 6.45) is -0.236. The minimum atomic E-state index is -3.53. The van der Waals surface area contributed by atoms with E-state index >= 15 is 0 Å². The van der Waals surface area contributed by atoms with Crippen LogP contribution >= 0.6 is 0 Å². The van der Waals surface area contributed by atoms with Crippen LogP contribution in [-0.4, -0.2) is 62.0 Å². The van der Waals surface area contributed by atoms with Crippen LogP contribution < -0.4 is 0 Å². The first-order valence-electron chi connectivity index (χ1n) is 7.93. The van der Waals surface area contributed by atoms with Gasteiger partial charge in [-0.2, -0.15) is 17.0 Å². The molecule has 23 heavy (non-hydrogen) atoms. The highest BCUT2D eigenvalue weighted by molar-refractivity contribution is 7.86. The molecule has 2 heterocycles. The molecule has 1 aromatic rings. The molecule has 0 spiro atoms. The summed E-state index contributed by atoms with van der Waals surface area (Å²) < 4.78 is 40.5. The Hall–Kier alpha value is -0.990. The minimum Gasteiger partial charge on any atom is -0.379 e. The fraction of sp³-hybridized carbons (Fsp3) is 0.625. The molecule has 0 saturated carbocycles. The maximum absolute atomic E-state index is 13.1. The Kier molecular flexibility index (Phi) is 4.75. The lowest BCUT2D eigenvalue weighted by Crippen LogP contribution is -2.60. The molecule has 3 rings (SSSR count). The Morgan fingerprint density at radius 3 is 2.43 bits per heavy atom. The van der Waals surface area contributed by atoms with Crippen molar-refractivity contribution in [2.45, 2.75) is 25.5 Å². The monoisotopic (exact) mass is 340 g/mol. The van der Waals surface area contributed by atoms with E-state index in [0.717, 1.165) is 5.56 Å². The first-order chi connectivity index (χ1) is 10.9. The lowest BCUT2D eigenvalue weighted by atomic mass is 10.0. The highest BCUT2D eigenvalue weighted by Gasteiger charge is 2.45. The molecule has 2 aliphatic rings. The number of hydrogen-bond donors (Lipinski definition) is 0. The van der Waals surface area contributed by atoms with Crippen LogP contribution in [0.5, 0.6) is 0 Å². The average molecular weight is 340 g/mol. The number of nitrogens with zero attached hydrogens (tertiary/aromatic N) is 2. The molecule has 0 bridgehead atoms. The Morgan fingerprint density at radius 2 is 1.78 bits per heavy atom. The standard InChI is InChI=1S/C16H24N2O4S/c1-16(2)13-22-15(14-6-4-3-5-7-14)12-18(16)23(19,20)17-8-10-21-11-9-17/h3-7,15H,8-13H2,1-2H3/t15-/m0/s1. The molecule has 1 atom stereocenters. The Balaban J connectivity index is 1.85. The molecular formula is C16H24N2O4S.